The van der Waals surface area contributed by atoms with Gasteiger partial charge in [0.25, 0.3) is 0 Å². The summed E-state index contributed by atoms with van der Waals surface area (Å²) in [6, 6.07) is 8.03. The summed E-state index contributed by atoms with van der Waals surface area (Å²) in [5.41, 5.74) is 0. The summed E-state index contributed by atoms with van der Waals surface area (Å²) >= 11 is 5.16. The highest BCUT2D eigenvalue weighted by Crippen LogP contribution is 2.29. The number of nitrogens with zero attached hydrogens (tertiary/aromatic N) is 2. The zero-order valence-electron chi connectivity index (χ0n) is 12.1. The quantitative estimate of drug-likeness (QED) is 0.744. The molecule has 1 atom stereocenters. The number of aromatic nitrogens is 2. The second-order valence-electron chi connectivity index (χ2n) is 5.31. The minimum absolute atomic E-state index is 0.422. The van der Waals surface area contributed by atoms with Gasteiger partial charge < -0.3 is 9.63 Å². The van der Waals surface area contributed by atoms with Crippen LogP contribution in [-0.2, 0) is 12.2 Å². The molecule has 0 bridgehead atoms. The van der Waals surface area contributed by atoms with Gasteiger partial charge in [0, 0.05) is 9.37 Å². The molecule has 1 heterocycles. The summed E-state index contributed by atoms with van der Waals surface area (Å²) in [5.74, 6) is 2.26. The first-order valence-corrected chi connectivity index (χ1v) is 8.69. The van der Waals surface area contributed by atoms with E-state index in [1.54, 1.807) is 11.8 Å². The normalized spacial score (nSPS) is 12.8. The standard InChI is InChI=1S/C15H19BrN2O2S/c1-10(2)7-11(19)8-15-17-14(18-20-15)9-21-13-6-4-3-5-12(13)16/h3-6,10-11,19H,7-9H2,1-2H3. The Labute approximate surface area is 137 Å². The molecule has 0 aliphatic carbocycles. The Morgan fingerprint density at radius 3 is 2.81 bits per heavy atom. The molecule has 1 aromatic carbocycles. The van der Waals surface area contributed by atoms with Crippen molar-refractivity contribution < 1.29 is 9.63 Å². The number of rotatable bonds is 7. The molecule has 114 valence electrons. The number of aliphatic hydroxyl groups is 1. The minimum Gasteiger partial charge on any atom is -0.393 e. The number of aliphatic hydroxyl groups excluding tert-OH is 1. The molecule has 0 fully saturated rings. The average molecular weight is 371 g/mol. The maximum atomic E-state index is 9.89. The zero-order chi connectivity index (χ0) is 15.2. The van der Waals surface area contributed by atoms with E-state index in [1.807, 2.05) is 24.3 Å². The Morgan fingerprint density at radius 1 is 1.33 bits per heavy atom. The van der Waals surface area contributed by atoms with E-state index in [2.05, 4.69) is 39.9 Å². The van der Waals surface area contributed by atoms with Crippen LogP contribution in [0.25, 0.3) is 0 Å². The number of thioether (sulfide) groups is 1. The van der Waals surface area contributed by atoms with Gasteiger partial charge in [0.05, 0.1) is 18.3 Å². The van der Waals surface area contributed by atoms with Gasteiger partial charge in [0.15, 0.2) is 5.82 Å². The number of hydrogen-bond donors (Lipinski definition) is 1. The molecular weight excluding hydrogens is 352 g/mol. The highest BCUT2D eigenvalue weighted by Gasteiger charge is 2.14. The fourth-order valence-corrected chi connectivity index (χ4v) is 3.38. The first kappa shape index (κ1) is 16.5. The van der Waals surface area contributed by atoms with Crippen molar-refractivity contribution in [2.75, 3.05) is 0 Å². The SMILES string of the molecule is CC(C)CC(O)Cc1nc(CSc2ccccc2Br)no1. The summed E-state index contributed by atoms with van der Waals surface area (Å²) in [4.78, 5) is 5.47. The molecule has 0 amide bonds. The summed E-state index contributed by atoms with van der Waals surface area (Å²) in [5, 5.41) is 13.8. The molecule has 6 heteroatoms. The first-order valence-electron chi connectivity index (χ1n) is 6.91. The van der Waals surface area contributed by atoms with Crippen LogP contribution in [0.5, 0.6) is 0 Å². The van der Waals surface area contributed by atoms with Gasteiger partial charge in [-0.25, -0.2) is 0 Å². The predicted octanol–water partition coefficient (Wildman–Crippen LogP) is 4.07. The van der Waals surface area contributed by atoms with Crippen LogP contribution < -0.4 is 0 Å². The molecule has 0 radical (unpaired) electrons. The third-order valence-electron chi connectivity index (χ3n) is 2.86. The van der Waals surface area contributed by atoms with Gasteiger partial charge in [-0.05, 0) is 40.4 Å². The molecule has 0 aliphatic rings. The molecule has 2 rings (SSSR count). The largest absolute Gasteiger partial charge is 0.393 e. The van der Waals surface area contributed by atoms with Crippen molar-refractivity contribution >= 4 is 27.7 Å². The third kappa shape index (κ3) is 5.45. The van der Waals surface area contributed by atoms with Crippen LogP contribution in [0, 0.1) is 5.92 Å². The molecule has 0 saturated carbocycles. The third-order valence-corrected chi connectivity index (χ3v) is 4.88. The van der Waals surface area contributed by atoms with Gasteiger partial charge >= 0.3 is 0 Å². The van der Waals surface area contributed by atoms with Crippen LogP contribution >= 0.6 is 27.7 Å². The molecular formula is C15H19BrN2O2S. The van der Waals surface area contributed by atoms with E-state index in [1.165, 1.54) is 0 Å². The summed E-state index contributed by atoms with van der Waals surface area (Å²) in [7, 11) is 0. The van der Waals surface area contributed by atoms with E-state index in [0.29, 0.717) is 29.8 Å². The minimum atomic E-state index is -0.422. The van der Waals surface area contributed by atoms with E-state index in [4.69, 9.17) is 4.52 Å². The molecule has 0 spiro atoms. The Bertz CT molecular complexity index is 574. The van der Waals surface area contributed by atoms with Crippen LogP contribution in [0.1, 0.15) is 32.0 Å². The Balaban J connectivity index is 1.87. The van der Waals surface area contributed by atoms with Gasteiger partial charge in [-0.2, -0.15) is 4.98 Å². The van der Waals surface area contributed by atoms with E-state index in [0.717, 1.165) is 15.8 Å². The van der Waals surface area contributed by atoms with Gasteiger partial charge in [0.2, 0.25) is 5.89 Å². The van der Waals surface area contributed by atoms with Crippen molar-refractivity contribution in [3.63, 3.8) is 0 Å². The molecule has 1 N–H and O–H groups in total. The zero-order valence-corrected chi connectivity index (χ0v) is 14.5. The second kappa shape index (κ2) is 7.96. The molecule has 0 aliphatic heterocycles. The number of hydrogen-bond acceptors (Lipinski definition) is 5. The van der Waals surface area contributed by atoms with Crippen LogP contribution in [0.4, 0.5) is 0 Å². The number of benzene rings is 1. The summed E-state index contributed by atoms with van der Waals surface area (Å²) < 4.78 is 6.25. The van der Waals surface area contributed by atoms with Gasteiger partial charge in [-0.1, -0.05) is 31.1 Å². The highest BCUT2D eigenvalue weighted by molar-refractivity contribution is 9.10. The van der Waals surface area contributed by atoms with Crippen molar-refractivity contribution in [1.82, 2.24) is 10.1 Å². The fraction of sp³-hybridized carbons (Fsp3) is 0.467. The maximum Gasteiger partial charge on any atom is 0.229 e. The predicted molar refractivity (Wildman–Crippen MR) is 87.2 cm³/mol. The second-order valence-corrected chi connectivity index (χ2v) is 7.18. The lowest BCUT2D eigenvalue weighted by atomic mass is 10.0. The van der Waals surface area contributed by atoms with Gasteiger partial charge in [-0.15, -0.1) is 11.8 Å². The van der Waals surface area contributed by atoms with E-state index in [9.17, 15) is 5.11 Å². The van der Waals surface area contributed by atoms with Crippen LogP contribution in [0.2, 0.25) is 0 Å². The fourth-order valence-electron chi connectivity index (χ4n) is 1.96. The summed E-state index contributed by atoms with van der Waals surface area (Å²) in [6.45, 7) is 4.16. The Morgan fingerprint density at radius 2 is 2.10 bits per heavy atom. The van der Waals surface area contributed by atoms with Gasteiger partial charge in [-0.3, -0.25) is 0 Å². The van der Waals surface area contributed by atoms with Crippen LogP contribution in [-0.4, -0.2) is 21.4 Å². The smallest absolute Gasteiger partial charge is 0.229 e. The van der Waals surface area contributed by atoms with Crippen molar-refractivity contribution in [3.05, 3.63) is 40.5 Å². The molecule has 1 aromatic heterocycles. The maximum absolute atomic E-state index is 9.89. The van der Waals surface area contributed by atoms with Crippen molar-refractivity contribution in [2.45, 2.75) is 43.4 Å². The lowest BCUT2D eigenvalue weighted by Crippen LogP contribution is -2.13. The average Bonchev–Trinajstić information content (AvgIpc) is 2.84. The van der Waals surface area contributed by atoms with Crippen LogP contribution in [0.3, 0.4) is 0 Å². The molecule has 1 unspecified atom stereocenters. The molecule has 21 heavy (non-hydrogen) atoms. The van der Waals surface area contributed by atoms with E-state index < -0.39 is 6.10 Å². The van der Waals surface area contributed by atoms with Crippen molar-refractivity contribution in [2.24, 2.45) is 5.92 Å². The Hall–Kier alpha value is -0.850. The van der Waals surface area contributed by atoms with Crippen molar-refractivity contribution in [1.29, 1.82) is 0 Å². The van der Waals surface area contributed by atoms with E-state index in [-0.39, 0.29) is 0 Å². The number of halogens is 1. The molecule has 4 nitrogen and oxygen atoms in total. The van der Waals surface area contributed by atoms with Gasteiger partial charge in [0.1, 0.15) is 0 Å². The lowest BCUT2D eigenvalue weighted by Gasteiger charge is -2.09. The Kier molecular flexibility index (Phi) is 6.26. The molecule has 0 saturated heterocycles. The lowest BCUT2D eigenvalue weighted by molar-refractivity contribution is 0.138. The molecule has 2 aromatic rings. The summed E-state index contributed by atoms with van der Waals surface area (Å²) in [6.07, 6.45) is 0.739. The highest BCUT2D eigenvalue weighted by atomic mass is 79.9. The van der Waals surface area contributed by atoms with Crippen LogP contribution in [0.15, 0.2) is 38.2 Å². The van der Waals surface area contributed by atoms with E-state index >= 15 is 0 Å². The monoisotopic (exact) mass is 370 g/mol. The topological polar surface area (TPSA) is 59.2 Å². The first-order chi connectivity index (χ1) is 10.0. The van der Waals surface area contributed by atoms with Crippen molar-refractivity contribution in [3.8, 4) is 0 Å².